The average Bonchev–Trinajstić information content (AvgIpc) is 2.07. The zero-order chi connectivity index (χ0) is 9.84. The summed E-state index contributed by atoms with van der Waals surface area (Å²) in [5.41, 5.74) is 11.2. The van der Waals surface area contributed by atoms with Gasteiger partial charge in [0.25, 0.3) is 0 Å². The summed E-state index contributed by atoms with van der Waals surface area (Å²) in [6.45, 7) is 0. The molecule has 0 radical (unpaired) electrons. The van der Waals surface area contributed by atoms with Crippen molar-refractivity contribution >= 4 is 17.7 Å². The summed E-state index contributed by atoms with van der Waals surface area (Å²) in [5, 5.41) is 9.19. The Morgan fingerprint density at radius 3 is 2.69 bits per heavy atom. The maximum atomic E-state index is 10.4. The van der Waals surface area contributed by atoms with E-state index in [0.29, 0.717) is 11.3 Å². The summed E-state index contributed by atoms with van der Waals surface area (Å²) >= 11 is 0. The Morgan fingerprint density at radius 1 is 1.46 bits per heavy atom. The highest BCUT2D eigenvalue weighted by atomic mass is 16.3. The first-order valence-corrected chi connectivity index (χ1v) is 3.65. The molecule has 68 valence electrons. The third-order valence-corrected chi connectivity index (χ3v) is 1.49. The number of carbonyl (C=O) groups excluding carboxylic acids is 1. The van der Waals surface area contributed by atoms with Gasteiger partial charge in [-0.3, -0.25) is 4.79 Å². The third kappa shape index (κ3) is 2.52. The highest BCUT2D eigenvalue weighted by molar-refractivity contribution is 5.90. The smallest absolute Gasteiger partial charge is 0.241 e. The molecular formula is C9H10N2O2. The summed E-state index contributed by atoms with van der Waals surface area (Å²) in [6.07, 6.45) is 2.71. The second-order valence-electron chi connectivity index (χ2n) is 2.55. The molecule has 0 saturated carbocycles. The van der Waals surface area contributed by atoms with E-state index in [4.69, 9.17) is 11.5 Å². The van der Waals surface area contributed by atoms with Gasteiger partial charge in [0.2, 0.25) is 5.91 Å². The van der Waals surface area contributed by atoms with Crippen LogP contribution < -0.4 is 11.5 Å². The number of hydrogen-bond acceptors (Lipinski definition) is 3. The standard InChI is InChI=1S/C9H10N2O2/c10-7-3-1-6(5-8(7)12)2-4-9(11)13/h1-5,12H,10H2,(H2,11,13). The van der Waals surface area contributed by atoms with Crippen LogP contribution in [0.4, 0.5) is 5.69 Å². The fourth-order valence-electron chi connectivity index (χ4n) is 0.843. The Labute approximate surface area is 75.5 Å². The fraction of sp³-hybridized carbons (Fsp3) is 0. The minimum atomic E-state index is -0.531. The number of phenolic OH excluding ortho intramolecular Hbond substituents is 1. The number of primary amides is 1. The number of nitrogen functional groups attached to an aromatic ring is 1. The molecule has 0 bridgehead atoms. The van der Waals surface area contributed by atoms with E-state index in [0.717, 1.165) is 0 Å². The Kier molecular flexibility index (Phi) is 2.54. The zero-order valence-corrected chi connectivity index (χ0v) is 6.90. The van der Waals surface area contributed by atoms with E-state index >= 15 is 0 Å². The molecule has 1 aromatic carbocycles. The van der Waals surface area contributed by atoms with Crippen molar-refractivity contribution in [3.05, 3.63) is 29.8 Å². The van der Waals surface area contributed by atoms with Gasteiger partial charge in [0.1, 0.15) is 5.75 Å². The number of phenols is 1. The van der Waals surface area contributed by atoms with Crippen molar-refractivity contribution in [1.29, 1.82) is 0 Å². The van der Waals surface area contributed by atoms with Crippen molar-refractivity contribution in [2.24, 2.45) is 5.73 Å². The summed E-state index contributed by atoms with van der Waals surface area (Å²) < 4.78 is 0. The second kappa shape index (κ2) is 3.62. The largest absolute Gasteiger partial charge is 0.506 e. The van der Waals surface area contributed by atoms with E-state index in [-0.39, 0.29) is 5.75 Å². The van der Waals surface area contributed by atoms with Gasteiger partial charge in [-0.1, -0.05) is 6.07 Å². The summed E-state index contributed by atoms with van der Waals surface area (Å²) in [4.78, 5) is 10.4. The molecule has 4 nitrogen and oxygen atoms in total. The normalized spacial score (nSPS) is 10.5. The van der Waals surface area contributed by atoms with E-state index in [1.807, 2.05) is 0 Å². The number of nitrogens with two attached hydrogens (primary N) is 2. The topological polar surface area (TPSA) is 89.3 Å². The Morgan fingerprint density at radius 2 is 2.15 bits per heavy atom. The predicted molar refractivity (Wildman–Crippen MR) is 50.7 cm³/mol. The van der Waals surface area contributed by atoms with Crippen molar-refractivity contribution in [3.63, 3.8) is 0 Å². The first kappa shape index (κ1) is 9.12. The van der Waals surface area contributed by atoms with Gasteiger partial charge >= 0.3 is 0 Å². The van der Waals surface area contributed by atoms with Crippen LogP contribution in [0, 0.1) is 0 Å². The van der Waals surface area contributed by atoms with Crippen LogP contribution in [0.5, 0.6) is 5.75 Å². The van der Waals surface area contributed by atoms with E-state index < -0.39 is 5.91 Å². The Balaban J connectivity index is 2.92. The van der Waals surface area contributed by atoms with Crippen LogP contribution in [0.25, 0.3) is 6.08 Å². The molecule has 13 heavy (non-hydrogen) atoms. The summed E-state index contributed by atoms with van der Waals surface area (Å²) in [5.74, 6) is -0.539. The van der Waals surface area contributed by atoms with Crippen molar-refractivity contribution < 1.29 is 9.90 Å². The quantitative estimate of drug-likeness (QED) is 0.349. The molecule has 1 aromatic rings. The molecule has 1 rings (SSSR count). The van der Waals surface area contributed by atoms with Crippen LogP contribution in [0.3, 0.4) is 0 Å². The summed E-state index contributed by atoms with van der Waals surface area (Å²) in [7, 11) is 0. The van der Waals surface area contributed by atoms with Gasteiger partial charge in [-0.05, 0) is 23.8 Å². The SMILES string of the molecule is NC(=O)C=Cc1ccc(N)c(O)c1. The average molecular weight is 178 g/mol. The van der Waals surface area contributed by atoms with Crippen molar-refractivity contribution in [2.45, 2.75) is 0 Å². The lowest BCUT2D eigenvalue weighted by Crippen LogP contribution is -2.05. The molecule has 0 heterocycles. The van der Waals surface area contributed by atoms with Crippen molar-refractivity contribution in [2.75, 3.05) is 5.73 Å². The van der Waals surface area contributed by atoms with Crippen molar-refractivity contribution in [1.82, 2.24) is 0 Å². The van der Waals surface area contributed by atoms with Crippen LogP contribution in [0.2, 0.25) is 0 Å². The molecule has 4 heteroatoms. The molecule has 0 aliphatic carbocycles. The first-order chi connectivity index (χ1) is 6.09. The molecule has 0 spiro atoms. The number of anilines is 1. The van der Waals surface area contributed by atoms with E-state index in [2.05, 4.69) is 0 Å². The number of benzene rings is 1. The molecule has 0 aromatic heterocycles. The minimum absolute atomic E-state index is 0.00776. The Hall–Kier alpha value is -1.97. The lowest BCUT2D eigenvalue weighted by atomic mass is 10.2. The highest BCUT2D eigenvalue weighted by Crippen LogP contribution is 2.21. The molecule has 1 amide bonds. The predicted octanol–water partition coefficient (Wildman–Crippen LogP) is 0.473. The van der Waals surface area contributed by atoms with Gasteiger partial charge < -0.3 is 16.6 Å². The van der Waals surface area contributed by atoms with E-state index in [1.165, 1.54) is 18.2 Å². The molecule has 0 aliphatic heterocycles. The van der Waals surface area contributed by atoms with E-state index in [1.54, 1.807) is 12.1 Å². The molecule has 5 N–H and O–H groups in total. The molecular weight excluding hydrogens is 168 g/mol. The lowest BCUT2D eigenvalue weighted by Gasteiger charge is -1.98. The van der Waals surface area contributed by atoms with Crippen LogP contribution in [-0.4, -0.2) is 11.0 Å². The summed E-state index contributed by atoms with van der Waals surface area (Å²) in [6, 6.07) is 4.68. The van der Waals surface area contributed by atoms with Gasteiger partial charge in [-0.25, -0.2) is 0 Å². The first-order valence-electron chi connectivity index (χ1n) is 3.65. The molecule has 0 aliphatic rings. The lowest BCUT2D eigenvalue weighted by molar-refractivity contribution is -0.113. The molecule has 0 fully saturated rings. The maximum absolute atomic E-state index is 10.4. The van der Waals surface area contributed by atoms with E-state index in [9.17, 15) is 9.90 Å². The van der Waals surface area contributed by atoms with Gasteiger partial charge in [0.05, 0.1) is 5.69 Å². The number of aromatic hydroxyl groups is 1. The van der Waals surface area contributed by atoms with Crippen LogP contribution >= 0.6 is 0 Å². The number of rotatable bonds is 2. The zero-order valence-electron chi connectivity index (χ0n) is 6.90. The minimum Gasteiger partial charge on any atom is -0.506 e. The second-order valence-corrected chi connectivity index (χ2v) is 2.55. The highest BCUT2D eigenvalue weighted by Gasteiger charge is 1.95. The van der Waals surface area contributed by atoms with Gasteiger partial charge in [-0.2, -0.15) is 0 Å². The van der Waals surface area contributed by atoms with Gasteiger partial charge in [0, 0.05) is 6.08 Å². The van der Waals surface area contributed by atoms with Gasteiger partial charge in [0.15, 0.2) is 0 Å². The Bertz CT molecular complexity index is 359. The van der Waals surface area contributed by atoms with Gasteiger partial charge in [-0.15, -0.1) is 0 Å². The molecule has 0 saturated heterocycles. The van der Waals surface area contributed by atoms with Crippen molar-refractivity contribution in [3.8, 4) is 5.75 Å². The fourth-order valence-corrected chi connectivity index (χ4v) is 0.843. The number of amides is 1. The monoisotopic (exact) mass is 178 g/mol. The van der Waals surface area contributed by atoms with Crippen LogP contribution in [0.15, 0.2) is 24.3 Å². The maximum Gasteiger partial charge on any atom is 0.241 e. The third-order valence-electron chi connectivity index (χ3n) is 1.49. The molecule has 0 atom stereocenters. The number of carbonyl (C=O) groups is 1. The van der Waals surface area contributed by atoms with Crippen LogP contribution in [0.1, 0.15) is 5.56 Å². The number of hydrogen-bond donors (Lipinski definition) is 3. The van der Waals surface area contributed by atoms with Crippen LogP contribution in [-0.2, 0) is 4.79 Å². The molecule has 0 unspecified atom stereocenters.